The molecule has 0 saturated heterocycles. The van der Waals surface area contributed by atoms with Crippen LogP contribution >= 0.6 is 0 Å². The third-order valence-electron chi connectivity index (χ3n) is 2.89. The molecule has 0 radical (unpaired) electrons. The first-order valence-electron chi connectivity index (χ1n) is 6.18. The molecule has 0 bridgehead atoms. The van der Waals surface area contributed by atoms with Crippen molar-refractivity contribution in [1.82, 2.24) is 20.3 Å². The molecule has 4 heteroatoms. The summed E-state index contributed by atoms with van der Waals surface area (Å²) in [5, 5.41) is 3.45. The van der Waals surface area contributed by atoms with Gasteiger partial charge >= 0.3 is 0 Å². The van der Waals surface area contributed by atoms with E-state index in [0.717, 1.165) is 30.0 Å². The van der Waals surface area contributed by atoms with E-state index >= 15 is 0 Å². The van der Waals surface area contributed by atoms with Crippen LogP contribution in [0.5, 0.6) is 0 Å². The zero-order chi connectivity index (χ0) is 12.8. The van der Waals surface area contributed by atoms with E-state index in [4.69, 9.17) is 0 Å². The van der Waals surface area contributed by atoms with Gasteiger partial charge < -0.3 is 5.32 Å². The van der Waals surface area contributed by atoms with Crippen LogP contribution in [0.4, 0.5) is 0 Å². The summed E-state index contributed by atoms with van der Waals surface area (Å²) in [6.45, 7) is 4.98. The molecule has 2 rings (SSSR count). The first-order chi connectivity index (χ1) is 8.77. The lowest BCUT2D eigenvalue weighted by Crippen LogP contribution is -2.23. The molecule has 0 aliphatic carbocycles. The van der Waals surface area contributed by atoms with Gasteiger partial charge in [0.05, 0.1) is 11.4 Å². The predicted molar refractivity (Wildman–Crippen MR) is 71.1 cm³/mol. The minimum absolute atomic E-state index is 0.211. The molecule has 18 heavy (non-hydrogen) atoms. The molecule has 2 heterocycles. The van der Waals surface area contributed by atoms with Crippen LogP contribution in [0.1, 0.15) is 30.0 Å². The molecule has 94 valence electrons. The Morgan fingerprint density at radius 2 is 1.94 bits per heavy atom. The Bertz CT molecular complexity index is 484. The van der Waals surface area contributed by atoms with Crippen LogP contribution in [0.2, 0.25) is 0 Å². The van der Waals surface area contributed by atoms with Gasteiger partial charge in [0.1, 0.15) is 0 Å². The van der Waals surface area contributed by atoms with E-state index in [0.29, 0.717) is 0 Å². The van der Waals surface area contributed by atoms with Crippen molar-refractivity contribution in [2.24, 2.45) is 0 Å². The Kier molecular flexibility index (Phi) is 4.36. The first-order valence-corrected chi connectivity index (χ1v) is 6.18. The van der Waals surface area contributed by atoms with Crippen LogP contribution in [0.3, 0.4) is 0 Å². The SMILES string of the molecule is Cc1nccnc1C(C)NCCc1ccccn1. The molecule has 0 saturated carbocycles. The molecule has 0 aromatic carbocycles. The minimum Gasteiger partial charge on any atom is -0.308 e. The lowest BCUT2D eigenvalue weighted by molar-refractivity contribution is 0.556. The number of pyridine rings is 1. The molecule has 1 atom stereocenters. The number of aryl methyl sites for hydroxylation is 1. The number of nitrogens with zero attached hydrogens (tertiary/aromatic N) is 3. The van der Waals surface area contributed by atoms with Crippen LogP contribution in [0.15, 0.2) is 36.8 Å². The highest BCUT2D eigenvalue weighted by Crippen LogP contribution is 2.11. The summed E-state index contributed by atoms with van der Waals surface area (Å²) in [6.07, 6.45) is 6.20. The molecular weight excluding hydrogens is 224 g/mol. The van der Waals surface area contributed by atoms with Gasteiger partial charge in [-0.2, -0.15) is 0 Å². The highest BCUT2D eigenvalue weighted by Gasteiger charge is 2.09. The lowest BCUT2D eigenvalue weighted by atomic mass is 10.2. The van der Waals surface area contributed by atoms with Crippen LogP contribution in [0.25, 0.3) is 0 Å². The third-order valence-corrected chi connectivity index (χ3v) is 2.89. The minimum atomic E-state index is 0.211. The van der Waals surface area contributed by atoms with Gasteiger partial charge in [-0.25, -0.2) is 0 Å². The maximum absolute atomic E-state index is 4.36. The van der Waals surface area contributed by atoms with Gasteiger partial charge in [0, 0.05) is 43.3 Å². The topological polar surface area (TPSA) is 50.7 Å². The van der Waals surface area contributed by atoms with E-state index in [1.807, 2.05) is 31.3 Å². The zero-order valence-electron chi connectivity index (χ0n) is 10.8. The van der Waals surface area contributed by atoms with E-state index in [1.165, 1.54) is 0 Å². The molecule has 1 unspecified atom stereocenters. The standard InChI is InChI=1S/C14H18N4/c1-11(14-12(2)16-9-10-18-14)15-8-6-13-5-3-4-7-17-13/h3-5,7,9-11,15H,6,8H2,1-2H3. The van der Waals surface area contributed by atoms with Crippen LogP contribution in [-0.4, -0.2) is 21.5 Å². The van der Waals surface area contributed by atoms with Crippen molar-refractivity contribution in [2.75, 3.05) is 6.54 Å². The van der Waals surface area contributed by atoms with Gasteiger partial charge in [-0.3, -0.25) is 15.0 Å². The molecule has 2 aromatic rings. The van der Waals surface area contributed by atoms with Crippen molar-refractivity contribution >= 4 is 0 Å². The van der Waals surface area contributed by atoms with Crippen LogP contribution < -0.4 is 5.32 Å². The first kappa shape index (κ1) is 12.6. The molecule has 0 aliphatic rings. The highest BCUT2D eigenvalue weighted by molar-refractivity contribution is 5.12. The highest BCUT2D eigenvalue weighted by atomic mass is 14.9. The fraction of sp³-hybridized carbons (Fsp3) is 0.357. The summed E-state index contributed by atoms with van der Waals surface area (Å²) in [5.74, 6) is 0. The van der Waals surface area contributed by atoms with E-state index in [-0.39, 0.29) is 6.04 Å². The second kappa shape index (κ2) is 6.21. The molecule has 0 aliphatic heterocycles. The van der Waals surface area contributed by atoms with E-state index in [9.17, 15) is 0 Å². The average Bonchev–Trinajstić information content (AvgIpc) is 2.40. The third kappa shape index (κ3) is 3.34. The monoisotopic (exact) mass is 242 g/mol. The van der Waals surface area contributed by atoms with E-state index in [1.54, 1.807) is 12.4 Å². The van der Waals surface area contributed by atoms with E-state index in [2.05, 4.69) is 27.2 Å². The van der Waals surface area contributed by atoms with Crippen molar-refractivity contribution in [3.63, 3.8) is 0 Å². The quantitative estimate of drug-likeness (QED) is 0.872. The zero-order valence-corrected chi connectivity index (χ0v) is 10.8. The predicted octanol–water partition coefficient (Wildman–Crippen LogP) is 2.07. The normalized spacial score (nSPS) is 12.3. The van der Waals surface area contributed by atoms with Crippen molar-refractivity contribution < 1.29 is 0 Å². The van der Waals surface area contributed by atoms with E-state index < -0.39 is 0 Å². The second-order valence-electron chi connectivity index (χ2n) is 4.27. The van der Waals surface area contributed by atoms with Gasteiger partial charge in [-0.05, 0) is 26.0 Å². The largest absolute Gasteiger partial charge is 0.308 e. The summed E-state index contributed by atoms with van der Waals surface area (Å²) in [4.78, 5) is 12.9. The van der Waals surface area contributed by atoms with Gasteiger partial charge in [0.25, 0.3) is 0 Å². The second-order valence-corrected chi connectivity index (χ2v) is 4.27. The Morgan fingerprint density at radius 1 is 1.11 bits per heavy atom. The van der Waals surface area contributed by atoms with Crippen molar-refractivity contribution in [3.8, 4) is 0 Å². The molecule has 2 aromatic heterocycles. The van der Waals surface area contributed by atoms with Crippen molar-refractivity contribution in [2.45, 2.75) is 26.3 Å². The molecule has 1 N–H and O–H groups in total. The van der Waals surface area contributed by atoms with Crippen LogP contribution in [0, 0.1) is 6.92 Å². The summed E-state index contributed by atoms with van der Waals surface area (Å²) in [6, 6.07) is 6.20. The van der Waals surface area contributed by atoms with Gasteiger partial charge in [-0.15, -0.1) is 0 Å². The smallest absolute Gasteiger partial charge is 0.0782 e. The number of hydrogen-bond donors (Lipinski definition) is 1. The van der Waals surface area contributed by atoms with Gasteiger partial charge in [-0.1, -0.05) is 6.07 Å². The Morgan fingerprint density at radius 3 is 2.67 bits per heavy atom. The number of aromatic nitrogens is 3. The molecular formula is C14H18N4. The van der Waals surface area contributed by atoms with Crippen molar-refractivity contribution in [3.05, 3.63) is 53.9 Å². The lowest BCUT2D eigenvalue weighted by Gasteiger charge is -2.14. The molecule has 0 fully saturated rings. The van der Waals surface area contributed by atoms with Gasteiger partial charge in [0.15, 0.2) is 0 Å². The molecule has 0 spiro atoms. The van der Waals surface area contributed by atoms with Crippen LogP contribution in [-0.2, 0) is 6.42 Å². The maximum atomic E-state index is 4.36. The summed E-state index contributed by atoms with van der Waals surface area (Å²) >= 11 is 0. The van der Waals surface area contributed by atoms with Gasteiger partial charge in [0.2, 0.25) is 0 Å². The summed E-state index contributed by atoms with van der Waals surface area (Å²) in [5.41, 5.74) is 3.10. The Balaban J connectivity index is 1.86. The number of rotatable bonds is 5. The Labute approximate surface area is 108 Å². The number of nitrogens with one attached hydrogen (secondary N) is 1. The van der Waals surface area contributed by atoms with Crippen molar-refractivity contribution in [1.29, 1.82) is 0 Å². The average molecular weight is 242 g/mol. The number of hydrogen-bond acceptors (Lipinski definition) is 4. The maximum Gasteiger partial charge on any atom is 0.0782 e. The fourth-order valence-corrected chi connectivity index (χ4v) is 1.90. The molecule has 4 nitrogen and oxygen atoms in total. The Hall–Kier alpha value is -1.81. The summed E-state index contributed by atoms with van der Waals surface area (Å²) in [7, 11) is 0. The fourth-order valence-electron chi connectivity index (χ4n) is 1.90. The summed E-state index contributed by atoms with van der Waals surface area (Å²) < 4.78 is 0. The molecule has 0 amide bonds.